The molecule has 0 N–H and O–H groups in total. The van der Waals surface area contributed by atoms with Gasteiger partial charge in [0.05, 0.1) is 0 Å². The number of ketones is 1. The van der Waals surface area contributed by atoms with Gasteiger partial charge in [-0.05, 0) is 24.2 Å². The third kappa shape index (κ3) is 12.2. The molecule has 2 nitrogen and oxygen atoms in total. The first-order chi connectivity index (χ1) is 14.4. The lowest BCUT2D eigenvalue weighted by molar-refractivity contribution is -0.117. The third-order valence-corrected chi connectivity index (χ3v) is 6.72. The molecule has 0 atom stereocenters. The summed E-state index contributed by atoms with van der Waals surface area (Å²) < 4.78 is 0. The molecule has 0 fully saturated rings. The lowest BCUT2D eigenvalue weighted by atomic mass is 9.76. The fourth-order valence-corrected chi connectivity index (χ4v) is 4.66. The quantitative estimate of drug-likeness (QED) is 0.207. The fourth-order valence-electron chi connectivity index (χ4n) is 4.66. The van der Waals surface area contributed by atoms with Crippen LogP contribution in [0.1, 0.15) is 137 Å². The van der Waals surface area contributed by atoms with Crippen molar-refractivity contribution < 1.29 is 4.79 Å². The number of hydrogen-bond donors (Lipinski definition) is 0. The van der Waals surface area contributed by atoms with Crippen LogP contribution in [0, 0.1) is 11.3 Å². The summed E-state index contributed by atoms with van der Waals surface area (Å²) in [4.78, 5) is 15.2. The van der Waals surface area contributed by atoms with E-state index in [4.69, 9.17) is 0 Å². The van der Waals surface area contributed by atoms with E-state index >= 15 is 0 Å². The Morgan fingerprint density at radius 2 is 1.33 bits per heavy atom. The van der Waals surface area contributed by atoms with E-state index in [0.717, 1.165) is 37.9 Å². The Labute approximate surface area is 189 Å². The highest BCUT2D eigenvalue weighted by atomic mass is 16.1. The van der Waals surface area contributed by atoms with Gasteiger partial charge in [0.25, 0.3) is 0 Å². The number of hydrogen-bond acceptors (Lipinski definition) is 2. The summed E-state index contributed by atoms with van der Waals surface area (Å²) >= 11 is 0. The average molecular weight is 420 g/mol. The van der Waals surface area contributed by atoms with Gasteiger partial charge in [-0.15, -0.1) is 0 Å². The number of Topliss-reactive ketones (excluding diaryl/α,β-unsaturated/α-hetero) is 1. The van der Waals surface area contributed by atoms with Gasteiger partial charge < -0.3 is 4.90 Å². The molecule has 0 saturated carbocycles. The minimum atomic E-state index is 0.0422. The van der Waals surface area contributed by atoms with E-state index in [1.807, 2.05) is 0 Å². The molecule has 2 heteroatoms. The van der Waals surface area contributed by atoms with Crippen molar-refractivity contribution in [2.75, 3.05) is 13.1 Å². The minimum absolute atomic E-state index is 0.0422. The molecule has 0 aromatic rings. The SMILES string of the molecule is CCCCCCCCCCCCCCCCC(=O)C1=CN(CC(C)C)CCC1(C)C. The van der Waals surface area contributed by atoms with Gasteiger partial charge >= 0.3 is 0 Å². The largest absolute Gasteiger partial charge is 0.377 e. The first-order valence-corrected chi connectivity index (χ1v) is 13.4. The van der Waals surface area contributed by atoms with Gasteiger partial charge in [0.1, 0.15) is 0 Å². The fraction of sp³-hybridized carbons (Fsp3) is 0.893. The summed E-state index contributed by atoms with van der Waals surface area (Å²) in [5.41, 5.74) is 1.12. The second-order valence-corrected chi connectivity index (χ2v) is 10.8. The van der Waals surface area contributed by atoms with Crippen LogP contribution in [0.15, 0.2) is 11.8 Å². The molecule has 0 amide bonds. The normalized spacial score (nSPS) is 16.2. The highest BCUT2D eigenvalue weighted by Crippen LogP contribution is 2.36. The van der Waals surface area contributed by atoms with Crippen molar-refractivity contribution >= 4 is 5.78 Å². The van der Waals surface area contributed by atoms with Gasteiger partial charge in [-0.25, -0.2) is 0 Å². The second-order valence-electron chi connectivity index (χ2n) is 10.8. The van der Waals surface area contributed by atoms with E-state index in [2.05, 4.69) is 45.7 Å². The summed E-state index contributed by atoms with van der Waals surface area (Å²) in [6, 6.07) is 0. The molecule has 0 aromatic heterocycles. The predicted octanol–water partition coefficient (Wildman–Crippen LogP) is 8.70. The van der Waals surface area contributed by atoms with Crippen LogP contribution in [0.25, 0.3) is 0 Å². The molecule has 30 heavy (non-hydrogen) atoms. The van der Waals surface area contributed by atoms with Crippen molar-refractivity contribution in [3.63, 3.8) is 0 Å². The van der Waals surface area contributed by atoms with E-state index < -0.39 is 0 Å². The van der Waals surface area contributed by atoms with Crippen LogP contribution in [-0.4, -0.2) is 23.8 Å². The molecule has 0 saturated heterocycles. The first kappa shape index (κ1) is 27.2. The lowest BCUT2D eigenvalue weighted by Crippen LogP contribution is -2.36. The van der Waals surface area contributed by atoms with Crippen molar-refractivity contribution in [2.24, 2.45) is 11.3 Å². The van der Waals surface area contributed by atoms with Crippen LogP contribution in [0.5, 0.6) is 0 Å². The Kier molecular flexibility index (Phi) is 14.5. The van der Waals surface area contributed by atoms with Gasteiger partial charge in [0, 0.05) is 31.3 Å². The molecule has 1 rings (SSSR count). The van der Waals surface area contributed by atoms with Crippen molar-refractivity contribution in [2.45, 2.75) is 137 Å². The zero-order valence-electron chi connectivity index (χ0n) is 21.2. The van der Waals surface area contributed by atoms with E-state index in [-0.39, 0.29) is 5.41 Å². The molecular formula is C28H53NO. The number of unbranched alkanes of at least 4 members (excludes halogenated alkanes) is 13. The van der Waals surface area contributed by atoms with Gasteiger partial charge in [0.15, 0.2) is 5.78 Å². The summed E-state index contributed by atoms with van der Waals surface area (Å²) in [6.45, 7) is 13.4. The Morgan fingerprint density at radius 1 is 0.867 bits per heavy atom. The highest BCUT2D eigenvalue weighted by molar-refractivity contribution is 5.96. The maximum Gasteiger partial charge on any atom is 0.160 e. The van der Waals surface area contributed by atoms with Gasteiger partial charge in [-0.1, -0.05) is 118 Å². The second kappa shape index (κ2) is 15.9. The van der Waals surface area contributed by atoms with Gasteiger partial charge in [-0.3, -0.25) is 4.79 Å². The number of carbonyl (C=O) groups excluding carboxylic acids is 1. The topological polar surface area (TPSA) is 20.3 Å². The van der Waals surface area contributed by atoms with Crippen molar-refractivity contribution in [3.05, 3.63) is 11.8 Å². The molecule has 0 bridgehead atoms. The van der Waals surface area contributed by atoms with Gasteiger partial charge in [0.2, 0.25) is 0 Å². The van der Waals surface area contributed by atoms with E-state index in [1.54, 1.807) is 0 Å². The summed E-state index contributed by atoms with van der Waals surface area (Å²) in [5.74, 6) is 1.04. The average Bonchev–Trinajstić information content (AvgIpc) is 2.69. The standard InChI is InChI=1S/C28H53NO/c1-6-7-8-9-10-11-12-13-14-15-16-17-18-19-20-27(30)26-24-29(23-25(2)3)22-21-28(26,4)5/h24-25H,6-23H2,1-5H3. The Morgan fingerprint density at radius 3 is 1.80 bits per heavy atom. The minimum Gasteiger partial charge on any atom is -0.377 e. The molecular weight excluding hydrogens is 366 g/mol. The molecule has 176 valence electrons. The summed E-state index contributed by atoms with van der Waals surface area (Å²) in [6.07, 6.45) is 23.1. The Bertz CT molecular complexity index is 477. The zero-order valence-corrected chi connectivity index (χ0v) is 21.2. The molecule has 1 heterocycles. The maximum absolute atomic E-state index is 12.9. The molecule has 0 aliphatic carbocycles. The van der Waals surface area contributed by atoms with Crippen LogP contribution >= 0.6 is 0 Å². The number of nitrogens with zero attached hydrogens (tertiary/aromatic N) is 1. The lowest BCUT2D eigenvalue weighted by Gasteiger charge is -2.37. The van der Waals surface area contributed by atoms with E-state index in [9.17, 15) is 4.79 Å². The predicted molar refractivity (Wildman–Crippen MR) is 133 cm³/mol. The van der Waals surface area contributed by atoms with Crippen molar-refractivity contribution in [1.82, 2.24) is 4.90 Å². The summed E-state index contributed by atoms with van der Waals surface area (Å²) in [7, 11) is 0. The van der Waals surface area contributed by atoms with Crippen LogP contribution in [0.2, 0.25) is 0 Å². The number of allylic oxidation sites excluding steroid dienone is 1. The van der Waals surface area contributed by atoms with E-state index in [1.165, 1.54) is 83.5 Å². The first-order valence-electron chi connectivity index (χ1n) is 13.4. The molecule has 0 unspecified atom stereocenters. The van der Waals surface area contributed by atoms with E-state index in [0.29, 0.717) is 11.7 Å². The molecule has 1 aliphatic rings. The van der Waals surface area contributed by atoms with Crippen LogP contribution in [0.4, 0.5) is 0 Å². The molecule has 1 aliphatic heterocycles. The summed E-state index contributed by atoms with van der Waals surface area (Å²) in [5, 5.41) is 0. The van der Waals surface area contributed by atoms with Crippen LogP contribution in [0.3, 0.4) is 0 Å². The third-order valence-electron chi connectivity index (χ3n) is 6.72. The molecule has 0 spiro atoms. The highest BCUT2D eigenvalue weighted by Gasteiger charge is 2.32. The van der Waals surface area contributed by atoms with Crippen LogP contribution < -0.4 is 0 Å². The maximum atomic E-state index is 12.9. The molecule has 0 radical (unpaired) electrons. The van der Waals surface area contributed by atoms with Crippen molar-refractivity contribution in [1.29, 1.82) is 0 Å². The van der Waals surface area contributed by atoms with Crippen molar-refractivity contribution in [3.8, 4) is 0 Å². The number of carbonyl (C=O) groups is 1. The van der Waals surface area contributed by atoms with Crippen LogP contribution in [-0.2, 0) is 4.79 Å². The van der Waals surface area contributed by atoms with Gasteiger partial charge in [-0.2, -0.15) is 0 Å². The Balaban J connectivity index is 2.08. The Hall–Kier alpha value is -0.790. The zero-order chi connectivity index (χ0) is 22.2. The molecule has 0 aromatic carbocycles. The smallest absolute Gasteiger partial charge is 0.160 e. The monoisotopic (exact) mass is 419 g/mol. The number of rotatable bonds is 18.